The summed E-state index contributed by atoms with van der Waals surface area (Å²) in [5, 5.41) is 29.3. The molecule has 2 atom stereocenters. The number of carbonyl (C=O) groups is 1. The molecule has 0 aromatic rings. The van der Waals surface area contributed by atoms with Gasteiger partial charge >= 0.3 is 5.97 Å². The molecule has 0 bridgehead atoms. The Morgan fingerprint density at radius 3 is 2.06 bits per heavy atom. The number of rotatable bonds is 14. The number of hydrogen-bond acceptors (Lipinski definition) is 3. The number of carboxylic acids is 1. The van der Waals surface area contributed by atoms with Crippen LogP contribution in [0.15, 0.2) is 58.7 Å². The van der Waals surface area contributed by atoms with Crippen LogP contribution in [0.5, 0.6) is 0 Å². The SMILES string of the molecule is CC1C(/C=C\C2=CC=C(CCCCC(C)(C)C(=O)O)C2O)=CC=C1CCCCC(C)(C)CO. The van der Waals surface area contributed by atoms with E-state index in [2.05, 4.69) is 39.0 Å². The minimum absolute atomic E-state index is 0.0135. The molecule has 2 rings (SSSR count). The Labute approximate surface area is 200 Å². The third kappa shape index (κ3) is 8.12. The summed E-state index contributed by atoms with van der Waals surface area (Å²) in [6.45, 7) is 10.2. The Kier molecular flexibility index (Phi) is 9.93. The highest BCUT2D eigenvalue weighted by molar-refractivity contribution is 5.73. The van der Waals surface area contributed by atoms with Gasteiger partial charge in [-0.15, -0.1) is 0 Å². The Balaban J connectivity index is 1.72. The molecule has 2 aliphatic rings. The number of aliphatic hydroxyl groups is 2. The van der Waals surface area contributed by atoms with E-state index in [4.69, 9.17) is 0 Å². The van der Waals surface area contributed by atoms with E-state index in [0.29, 0.717) is 12.3 Å². The van der Waals surface area contributed by atoms with Crippen LogP contribution in [0.1, 0.15) is 86.0 Å². The van der Waals surface area contributed by atoms with Gasteiger partial charge in [0.25, 0.3) is 0 Å². The predicted octanol–water partition coefficient (Wildman–Crippen LogP) is 6.52. The zero-order valence-corrected chi connectivity index (χ0v) is 21.2. The fraction of sp³-hybridized carbons (Fsp3) is 0.621. The van der Waals surface area contributed by atoms with E-state index in [9.17, 15) is 20.1 Å². The summed E-state index contributed by atoms with van der Waals surface area (Å²) in [5.74, 6) is -0.355. The van der Waals surface area contributed by atoms with Crippen molar-refractivity contribution >= 4 is 5.97 Å². The minimum Gasteiger partial charge on any atom is -0.481 e. The lowest BCUT2D eigenvalue weighted by Crippen LogP contribution is -2.23. The summed E-state index contributed by atoms with van der Waals surface area (Å²) >= 11 is 0. The lowest BCUT2D eigenvalue weighted by atomic mass is 9.86. The monoisotopic (exact) mass is 456 g/mol. The van der Waals surface area contributed by atoms with Crippen molar-refractivity contribution in [3.8, 4) is 0 Å². The highest BCUT2D eigenvalue weighted by Gasteiger charge is 2.26. The minimum atomic E-state index is -0.754. The third-order valence-electron chi connectivity index (χ3n) is 7.26. The molecule has 0 spiro atoms. The lowest BCUT2D eigenvalue weighted by molar-refractivity contribution is -0.147. The molecule has 4 heteroatoms. The molecule has 0 aromatic carbocycles. The maximum absolute atomic E-state index is 11.2. The molecule has 0 radical (unpaired) electrons. The van der Waals surface area contributed by atoms with Crippen molar-refractivity contribution in [3.63, 3.8) is 0 Å². The summed E-state index contributed by atoms with van der Waals surface area (Å²) in [6, 6.07) is 0. The van der Waals surface area contributed by atoms with Crippen molar-refractivity contribution in [2.24, 2.45) is 16.7 Å². The molecule has 2 aliphatic carbocycles. The number of allylic oxidation sites excluding steroid dienone is 7. The fourth-order valence-electron chi connectivity index (χ4n) is 4.38. The number of carboxylic acid groups (broad SMARTS) is 1. The first kappa shape index (κ1) is 27.3. The number of aliphatic carboxylic acids is 1. The molecule has 0 aliphatic heterocycles. The summed E-state index contributed by atoms with van der Waals surface area (Å²) < 4.78 is 0. The first-order valence-electron chi connectivity index (χ1n) is 12.5. The van der Waals surface area contributed by atoms with Gasteiger partial charge in [-0.25, -0.2) is 0 Å². The van der Waals surface area contributed by atoms with Crippen molar-refractivity contribution in [2.75, 3.05) is 6.61 Å². The zero-order chi connectivity index (χ0) is 24.6. The second kappa shape index (κ2) is 12.0. The molecule has 3 N–H and O–H groups in total. The third-order valence-corrected chi connectivity index (χ3v) is 7.26. The Bertz CT molecular complexity index is 836. The smallest absolute Gasteiger partial charge is 0.309 e. The van der Waals surface area contributed by atoms with Crippen molar-refractivity contribution < 1.29 is 20.1 Å². The van der Waals surface area contributed by atoms with Crippen LogP contribution in [-0.2, 0) is 4.79 Å². The Morgan fingerprint density at radius 2 is 1.42 bits per heavy atom. The molecular formula is C29H44O4. The summed E-state index contributed by atoms with van der Waals surface area (Å²) in [7, 11) is 0. The van der Waals surface area contributed by atoms with Gasteiger partial charge in [0.2, 0.25) is 0 Å². The molecule has 4 nitrogen and oxygen atoms in total. The van der Waals surface area contributed by atoms with Gasteiger partial charge < -0.3 is 15.3 Å². The van der Waals surface area contributed by atoms with Gasteiger partial charge in [0, 0.05) is 12.5 Å². The fourth-order valence-corrected chi connectivity index (χ4v) is 4.38. The van der Waals surface area contributed by atoms with Gasteiger partial charge in [0.1, 0.15) is 6.10 Å². The molecular weight excluding hydrogens is 412 g/mol. The quantitative estimate of drug-likeness (QED) is 0.260. The normalized spacial score (nSPS) is 21.3. The average molecular weight is 457 g/mol. The van der Waals surface area contributed by atoms with Crippen molar-refractivity contribution in [1.82, 2.24) is 0 Å². The first-order valence-corrected chi connectivity index (χ1v) is 12.5. The Hall–Kier alpha value is -1.91. The van der Waals surface area contributed by atoms with Crippen LogP contribution < -0.4 is 0 Å². The zero-order valence-electron chi connectivity index (χ0n) is 21.2. The van der Waals surface area contributed by atoms with Crippen LogP contribution >= 0.6 is 0 Å². The molecule has 0 aromatic heterocycles. The van der Waals surface area contributed by atoms with Gasteiger partial charge in [0.05, 0.1) is 5.41 Å². The molecule has 2 unspecified atom stereocenters. The second-order valence-corrected chi connectivity index (χ2v) is 11.2. The molecule has 0 heterocycles. The molecule has 184 valence electrons. The molecule has 33 heavy (non-hydrogen) atoms. The maximum Gasteiger partial charge on any atom is 0.309 e. The topological polar surface area (TPSA) is 77.8 Å². The van der Waals surface area contributed by atoms with Crippen LogP contribution in [0.25, 0.3) is 0 Å². The number of aliphatic hydroxyl groups excluding tert-OH is 2. The Morgan fingerprint density at radius 1 is 0.879 bits per heavy atom. The van der Waals surface area contributed by atoms with E-state index in [-0.39, 0.29) is 12.0 Å². The summed E-state index contributed by atoms with van der Waals surface area (Å²) in [4.78, 5) is 11.2. The maximum atomic E-state index is 11.2. The standard InChI is InChI=1S/C29H44O4/c1-21-22(10-6-8-18-28(2,3)20-30)12-13-23(21)14-15-25-17-16-24(26(25)31)11-7-9-19-29(4,5)27(32)33/h12-17,21,26,30-31H,6-11,18-20H2,1-5H3,(H,32,33)/b15-14-. The van der Waals surface area contributed by atoms with Gasteiger partial charge in [-0.3, -0.25) is 4.79 Å². The summed E-state index contributed by atoms with van der Waals surface area (Å²) in [6.07, 6.45) is 19.6. The van der Waals surface area contributed by atoms with Crippen molar-refractivity contribution in [3.05, 3.63) is 58.7 Å². The van der Waals surface area contributed by atoms with Gasteiger partial charge in [-0.1, -0.05) is 75.6 Å². The van der Waals surface area contributed by atoms with Crippen LogP contribution in [0, 0.1) is 16.7 Å². The van der Waals surface area contributed by atoms with Gasteiger partial charge in [-0.2, -0.15) is 0 Å². The van der Waals surface area contributed by atoms with Crippen LogP contribution in [0.3, 0.4) is 0 Å². The first-order chi connectivity index (χ1) is 15.5. The summed E-state index contributed by atoms with van der Waals surface area (Å²) in [5.41, 5.74) is 3.99. The van der Waals surface area contributed by atoms with Crippen LogP contribution in [-0.4, -0.2) is 34.0 Å². The van der Waals surface area contributed by atoms with E-state index in [1.807, 2.05) is 18.2 Å². The largest absolute Gasteiger partial charge is 0.481 e. The lowest BCUT2D eigenvalue weighted by Gasteiger charge is -2.21. The van der Waals surface area contributed by atoms with Crippen LogP contribution in [0.2, 0.25) is 0 Å². The van der Waals surface area contributed by atoms with E-state index in [1.54, 1.807) is 13.8 Å². The molecule has 0 saturated heterocycles. The predicted molar refractivity (Wildman–Crippen MR) is 136 cm³/mol. The average Bonchev–Trinajstić information content (AvgIpc) is 3.29. The van der Waals surface area contributed by atoms with E-state index < -0.39 is 17.5 Å². The molecule has 0 saturated carbocycles. The van der Waals surface area contributed by atoms with Gasteiger partial charge in [0.15, 0.2) is 0 Å². The molecule has 0 amide bonds. The highest BCUT2D eigenvalue weighted by atomic mass is 16.4. The van der Waals surface area contributed by atoms with E-state index in [1.165, 1.54) is 11.1 Å². The van der Waals surface area contributed by atoms with E-state index >= 15 is 0 Å². The van der Waals surface area contributed by atoms with Crippen molar-refractivity contribution in [2.45, 2.75) is 92.1 Å². The van der Waals surface area contributed by atoms with Crippen molar-refractivity contribution in [1.29, 1.82) is 0 Å². The highest BCUT2D eigenvalue weighted by Crippen LogP contribution is 2.33. The van der Waals surface area contributed by atoms with Crippen LogP contribution in [0.4, 0.5) is 0 Å². The number of hydrogen-bond donors (Lipinski definition) is 3. The number of unbranched alkanes of at least 4 members (excludes halogenated alkanes) is 2. The second-order valence-electron chi connectivity index (χ2n) is 11.2. The molecule has 0 fully saturated rings. The van der Waals surface area contributed by atoms with E-state index in [0.717, 1.165) is 56.1 Å². The van der Waals surface area contributed by atoms with Gasteiger partial charge in [-0.05, 0) is 74.5 Å².